The van der Waals surface area contributed by atoms with Gasteiger partial charge in [-0.05, 0) is 55.3 Å². The minimum atomic E-state index is -0.403. The van der Waals surface area contributed by atoms with Crippen LogP contribution in [0.3, 0.4) is 0 Å². The number of carbonyl (C=O) groups excluding carboxylic acids is 1. The number of piperidine rings is 1. The van der Waals surface area contributed by atoms with E-state index in [1.807, 2.05) is 5.01 Å². The zero-order valence-electron chi connectivity index (χ0n) is 17.3. The van der Waals surface area contributed by atoms with Gasteiger partial charge < -0.3 is 13.6 Å². The van der Waals surface area contributed by atoms with Crippen LogP contribution < -0.4 is 10.2 Å². The molecule has 0 bridgehead atoms. The molecule has 33 heavy (non-hydrogen) atoms. The average molecular weight is 488 g/mol. The Morgan fingerprint density at radius 1 is 1.06 bits per heavy atom. The second kappa shape index (κ2) is 9.38. The zero-order valence-corrected chi connectivity index (χ0v) is 18.8. The topological polar surface area (TPSA) is 107 Å². The number of rotatable bonds is 6. The number of amides is 1. The summed E-state index contributed by atoms with van der Waals surface area (Å²) < 4.78 is 16.9. The van der Waals surface area contributed by atoms with E-state index in [-0.39, 0.29) is 18.4 Å². The van der Waals surface area contributed by atoms with E-state index >= 15 is 0 Å². The summed E-state index contributed by atoms with van der Waals surface area (Å²) in [7, 11) is 0. The highest BCUT2D eigenvalue weighted by molar-refractivity contribution is 6.31. The minimum Gasteiger partial charge on any atom is -0.484 e. The van der Waals surface area contributed by atoms with Crippen molar-refractivity contribution in [3.63, 3.8) is 0 Å². The van der Waals surface area contributed by atoms with Gasteiger partial charge in [-0.3, -0.25) is 10.2 Å². The van der Waals surface area contributed by atoms with Gasteiger partial charge >= 0.3 is 5.91 Å². The van der Waals surface area contributed by atoms with E-state index in [2.05, 4.69) is 20.6 Å². The maximum Gasteiger partial charge on any atom is 0.321 e. The lowest BCUT2D eigenvalue weighted by Crippen LogP contribution is -2.46. The van der Waals surface area contributed by atoms with Gasteiger partial charge in [0.1, 0.15) is 11.3 Å². The number of hydrogen-bond donors (Lipinski definition) is 1. The summed E-state index contributed by atoms with van der Waals surface area (Å²) >= 11 is 11.8. The predicted octanol–water partition coefficient (Wildman–Crippen LogP) is 4.62. The molecule has 0 spiro atoms. The molecule has 1 N–H and O–H groups in total. The first-order chi connectivity index (χ1) is 16.0. The highest BCUT2D eigenvalue weighted by Gasteiger charge is 2.27. The molecule has 1 aliphatic rings. The summed E-state index contributed by atoms with van der Waals surface area (Å²) in [6, 6.07) is 12.1. The number of hydrazine groups is 1. The van der Waals surface area contributed by atoms with E-state index in [0.29, 0.717) is 51.8 Å². The summed E-state index contributed by atoms with van der Waals surface area (Å²) in [6.45, 7) is 1.43. The van der Waals surface area contributed by atoms with E-state index < -0.39 is 5.91 Å². The van der Waals surface area contributed by atoms with E-state index in [1.165, 1.54) is 0 Å². The minimum absolute atomic E-state index is 0.00313. The van der Waals surface area contributed by atoms with Gasteiger partial charge in [-0.2, -0.15) is 0 Å². The molecular formula is C22H19Cl2N5O4. The number of nitrogens with zero attached hydrogens (tertiary/aromatic N) is 4. The van der Waals surface area contributed by atoms with Crippen LogP contribution in [0.4, 0.5) is 0 Å². The first-order valence-corrected chi connectivity index (χ1v) is 11.1. The van der Waals surface area contributed by atoms with Gasteiger partial charge in [0.05, 0.1) is 0 Å². The maximum atomic E-state index is 12.5. The van der Waals surface area contributed by atoms with Crippen LogP contribution in [0.5, 0.6) is 5.75 Å². The summed E-state index contributed by atoms with van der Waals surface area (Å²) in [5.41, 5.74) is 3.89. The van der Waals surface area contributed by atoms with Crippen molar-refractivity contribution in [2.24, 2.45) is 0 Å². The van der Waals surface area contributed by atoms with Gasteiger partial charge in [-0.15, -0.1) is 10.2 Å². The first kappa shape index (κ1) is 21.7. The highest BCUT2D eigenvalue weighted by Crippen LogP contribution is 2.27. The Morgan fingerprint density at radius 2 is 1.82 bits per heavy atom. The van der Waals surface area contributed by atoms with Crippen LogP contribution in [0.15, 0.2) is 51.3 Å². The van der Waals surface area contributed by atoms with Crippen molar-refractivity contribution < 1.29 is 18.4 Å². The Balaban J connectivity index is 1.12. The quantitative estimate of drug-likeness (QED) is 0.419. The predicted molar refractivity (Wildman–Crippen MR) is 120 cm³/mol. The summed E-state index contributed by atoms with van der Waals surface area (Å²) in [4.78, 5) is 16.7. The van der Waals surface area contributed by atoms with Crippen LogP contribution in [0, 0.1) is 0 Å². The van der Waals surface area contributed by atoms with E-state index in [1.54, 1.807) is 42.5 Å². The zero-order chi connectivity index (χ0) is 22.8. The van der Waals surface area contributed by atoms with Crippen molar-refractivity contribution in [1.82, 2.24) is 25.6 Å². The first-order valence-electron chi connectivity index (χ1n) is 10.4. The average Bonchev–Trinajstić information content (AvgIpc) is 3.46. The molecule has 1 amide bonds. The van der Waals surface area contributed by atoms with Crippen molar-refractivity contribution >= 4 is 40.2 Å². The van der Waals surface area contributed by atoms with Crippen LogP contribution in [-0.4, -0.2) is 39.2 Å². The third-order valence-electron chi connectivity index (χ3n) is 5.31. The van der Waals surface area contributed by atoms with Crippen LogP contribution in [0.25, 0.3) is 11.1 Å². The standard InChI is InChI=1S/C22H19Cl2N5O4/c23-14-1-4-16(5-2-14)31-12-19-26-27-21(33-19)13-7-9-29(10-8-13)28-20(30)22-25-17-11-15(24)3-6-18(17)32-22/h1-6,11,13H,7-10,12H2,(H,28,30). The number of oxazole rings is 1. The maximum absolute atomic E-state index is 12.5. The Morgan fingerprint density at radius 3 is 2.61 bits per heavy atom. The van der Waals surface area contributed by atoms with Gasteiger partial charge in [0, 0.05) is 29.1 Å². The number of carbonyl (C=O) groups is 1. The molecule has 9 nitrogen and oxygen atoms in total. The monoisotopic (exact) mass is 487 g/mol. The number of ether oxygens (including phenoxy) is 1. The molecule has 0 aliphatic carbocycles. The molecule has 2 aromatic carbocycles. The van der Waals surface area contributed by atoms with Gasteiger partial charge in [-0.1, -0.05) is 23.2 Å². The van der Waals surface area contributed by atoms with Crippen LogP contribution in [0.2, 0.25) is 10.0 Å². The normalized spacial score (nSPS) is 15.1. The van der Waals surface area contributed by atoms with Crippen molar-refractivity contribution in [2.75, 3.05) is 13.1 Å². The number of halogens is 2. The van der Waals surface area contributed by atoms with E-state index in [0.717, 1.165) is 12.8 Å². The second-order valence-electron chi connectivity index (χ2n) is 7.61. The van der Waals surface area contributed by atoms with Gasteiger partial charge in [0.2, 0.25) is 5.89 Å². The molecule has 0 radical (unpaired) electrons. The Hall–Kier alpha value is -3.14. The van der Waals surface area contributed by atoms with E-state index in [4.69, 9.17) is 36.8 Å². The van der Waals surface area contributed by atoms with Crippen molar-refractivity contribution in [3.05, 3.63) is 70.2 Å². The number of aromatic nitrogens is 3. The molecule has 170 valence electrons. The molecule has 4 aromatic rings. The molecule has 11 heteroatoms. The Bertz CT molecular complexity index is 1270. The second-order valence-corrected chi connectivity index (χ2v) is 8.48. The highest BCUT2D eigenvalue weighted by atomic mass is 35.5. The molecule has 3 heterocycles. The molecule has 2 aromatic heterocycles. The third kappa shape index (κ3) is 5.11. The van der Waals surface area contributed by atoms with Crippen LogP contribution in [-0.2, 0) is 6.61 Å². The number of hydrogen-bond acceptors (Lipinski definition) is 8. The third-order valence-corrected chi connectivity index (χ3v) is 5.79. The van der Waals surface area contributed by atoms with E-state index in [9.17, 15) is 4.79 Å². The van der Waals surface area contributed by atoms with Crippen LogP contribution >= 0.6 is 23.2 Å². The van der Waals surface area contributed by atoms with Crippen molar-refractivity contribution in [3.8, 4) is 5.75 Å². The van der Waals surface area contributed by atoms with Gasteiger partial charge in [0.15, 0.2) is 12.2 Å². The fourth-order valence-corrected chi connectivity index (χ4v) is 3.89. The molecular weight excluding hydrogens is 469 g/mol. The van der Waals surface area contributed by atoms with Crippen LogP contribution in [0.1, 0.15) is 41.2 Å². The Kier molecular flexibility index (Phi) is 6.17. The Labute approximate surface area is 198 Å². The summed E-state index contributed by atoms with van der Waals surface area (Å²) in [6.07, 6.45) is 1.51. The molecule has 5 rings (SSSR count). The fourth-order valence-electron chi connectivity index (χ4n) is 3.59. The van der Waals surface area contributed by atoms with Crippen molar-refractivity contribution in [1.29, 1.82) is 0 Å². The number of benzene rings is 2. The summed E-state index contributed by atoms with van der Waals surface area (Å²) in [5.74, 6) is 1.36. The molecule has 0 atom stereocenters. The molecule has 1 fully saturated rings. The van der Waals surface area contributed by atoms with Gasteiger partial charge in [-0.25, -0.2) is 9.99 Å². The lowest BCUT2D eigenvalue weighted by atomic mass is 9.98. The largest absolute Gasteiger partial charge is 0.484 e. The summed E-state index contributed by atoms with van der Waals surface area (Å²) in [5, 5.41) is 11.3. The smallest absolute Gasteiger partial charge is 0.321 e. The molecule has 1 aliphatic heterocycles. The SMILES string of the molecule is O=C(NN1CCC(c2nnc(COc3ccc(Cl)cc3)o2)CC1)c1nc2cc(Cl)ccc2o1. The molecule has 0 unspecified atom stereocenters. The number of nitrogens with one attached hydrogen (secondary N) is 1. The van der Waals surface area contributed by atoms with Crippen molar-refractivity contribution in [2.45, 2.75) is 25.4 Å². The van der Waals surface area contributed by atoms with Gasteiger partial charge in [0.25, 0.3) is 11.8 Å². The number of fused-ring (bicyclic) bond motifs is 1. The molecule has 1 saturated heterocycles. The molecule has 0 saturated carbocycles. The lowest BCUT2D eigenvalue weighted by molar-refractivity contribution is 0.0692. The lowest BCUT2D eigenvalue weighted by Gasteiger charge is -2.29. The fraction of sp³-hybridized carbons (Fsp3) is 0.273.